The van der Waals surface area contributed by atoms with Crippen molar-refractivity contribution in [3.8, 4) is 0 Å². The van der Waals surface area contributed by atoms with E-state index in [1.807, 2.05) is 0 Å². The predicted molar refractivity (Wildman–Crippen MR) is 74.8 cm³/mol. The van der Waals surface area contributed by atoms with Crippen LogP contribution in [-0.2, 0) is 9.59 Å². The van der Waals surface area contributed by atoms with Gasteiger partial charge in [-0.15, -0.1) is 0 Å². The van der Waals surface area contributed by atoms with Crippen LogP contribution in [0.2, 0.25) is 0 Å². The summed E-state index contributed by atoms with van der Waals surface area (Å²) in [5.74, 6) is -0.363. The monoisotopic (exact) mass is 269 g/mol. The SMILES string of the molecule is CC(C)CC(C)(C)CNC(=O)CC1(C(=O)O)CCC1. The summed E-state index contributed by atoms with van der Waals surface area (Å²) in [6.07, 6.45) is 3.34. The number of carbonyl (C=O) groups is 2. The molecule has 19 heavy (non-hydrogen) atoms. The van der Waals surface area contributed by atoms with E-state index in [0.29, 0.717) is 25.3 Å². The van der Waals surface area contributed by atoms with Crippen molar-refractivity contribution in [1.29, 1.82) is 0 Å². The molecule has 1 fully saturated rings. The van der Waals surface area contributed by atoms with E-state index in [0.717, 1.165) is 12.8 Å². The van der Waals surface area contributed by atoms with Crippen LogP contribution in [0.4, 0.5) is 0 Å². The second kappa shape index (κ2) is 5.93. The Kier molecular flexibility index (Phi) is 4.99. The van der Waals surface area contributed by atoms with Gasteiger partial charge >= 0.3 is 5.97 Å². The van der Waals surface area contributed by atoms with Crippen LogP contribution in [-0.4, -0.2) is 23.5 Å². The molecular weight excluding hydrogens is 242 g/mol. The fraction of sp³-hybridized carbons (Fsp3) is 0.867. The van der Waals surface area contributed by atoms with Gasteiger partial charge in [-0.1, -0.05) is 34.1 Å². The predicted octanol–water partition coefficient (Wildman–Crippen LogP) is 2.82. The lowest BCUT2D eigenvalue weighted by atomic mass is 9.66. The Labute approximate surface area is 116 Å². The topological polar surface area (TPSA) is 66.4 Å². The molecule has 1 aliphatic rings. The van der Waals surface area contributed by atoms with E-state index in [1.54, 1.807) is 0 Å². The van der Waals surface area contributed by atoms with Crippen LogP contribution in [0, 0.1) is 16.7 Å². The lowest BCUT2D eigenvalue weighted by Gasteiger charge is -2.37. The van der Waals surface area contributed by atoms with Gasteiger partial charge in [0.05, 0.1) is 5.41 Å². The molecule has 1 rings (SSSR count). The van der Waals surface area contributed by atoms with E-state index in [-0.39, 0.29) is 17.7 Å². The highest BCUT2D eigenvalue weighted by Crippen LogP contribution is 2.44. The zero-order valence-electron chi connectivity index (χ0n) is 12.6. The van der Waals surface area contributed by atoms with E-state index in [9.17, 15) is 14.7 Å². The van der Waals surface area contributed by atoms with Crippen LogP contribution in [0.15, 0.2) is 0 Å². The van der Waals surface area contributed by atoms with E-state index >= 15 is 0 Å². The second-order valence-electron chi connectivity index (χ2n) is 7.15. The minimum atomic E-state index is -0.824. The van der Waals surface area contributed by atoms with Crippen molar-refractivity contribution in [1.82, 2.24) is 5.32 Å². The Morgan fingerprint density at radius 2 is 1.89 bits per heavy atom. The van der Waals surface area contributed by atoms with Gasteiger partial charge in [0.2, 0.25) is 5.91 Å². The van der Waals surface area contributed by atoms with Gasteiger partial charge in [-0.2, -0.15) is 0 Å². The number of amides is 1. The van der Waals surface area contributed by atoms with Crippen molar-refractivity contribution in [2.75, 3.05) is 6.54 Å². The third kappa shape index (κ3) is 4.51. The molecule has 0 radical (unpaired) electrons. The average molecular weight is 269 g/mol. The van der Waals surface area contributed by atoms with Crippen LogP contribution in [0.25, 0.3) is 0 Å². The maximum atomic E-state index is 11.9. The Bertz CT molecular complexity index is 343. The number of carboxylic acids is 1. The fourth-order valence-corrected chi connectivity index (χ4v) is 2.95. The molecule has 0 atom stereocenters. The number of carboxylic acid groups (broad SMARTS) is 1. The molecule has 0 aromatic rings. The second-order valence-corrected chi connectivity index (χ2v) is 7.15. The third-order valence-corrected chi connectivity index (χ3v) is 3.99. The number of rotatable bonds is 7. The normalized spacial score (nSPS) is 17.9. The number of nitrogens with one attached hydrogen (secondary N) is 1. The van der Waals surface area contributed by atoms with Crippen molar-refractivity contribution in [2.45, 2.75) is 59.8 Å². The highest BCUT2D eigenvalue weighted by Gasteiger charge is 2.45. The van der Waals surface area contributed by atoms with E-state index in [2.05, 4.69) is 33.0 Å². The maximum Gasteiger partial charge on any atom is 0.310 e. The van der Waals surface area contributed by atoms with Gasteiger partial charge in [-0.3, -0.25) is 9.59 Å². The first-order chi connectivity index (χ1) is 8.67. The number of hydrogen-bond acceptors (Lipinski definition) is 2. The van der Waals surface area contributed by atoms with Gasteiger partial charge in [0.1, 0.15) is 0 Å². The number of hydrogen-bond donors (Lipinski definition) is 2. The Balaban J connectivity index is 2.41. The third-order valence-electron chi connectivity index (χ3n) is 3.99. The van der Waals surface area contributed by atoms with Gasteiger partial charge in [0, 0.05) is 13.0 Å². The van der Waals surface area contributed by atoms with Gasteiger partial charge in [-0.25, -0.2) is 0 Å². The Morgan fingerprint density at radius 3 is 2.26 bits per heavy atom. The molecule has 0 bridgehead atoms. The molecule has 1 saturated carbocycles. The van der Waals surface area contributed by atoms with Crippen LogP contribution < -0.4 is 5.32 Å². The van der Waals surface area contributed by atoms with Gasteiger partial charge in [-0.05, 0) is 30.6 Å². The first-order valence-corrected chi connectivity index (χ1v) is 7.17. The molecule has 0 heterocycles. The molecular formula is C15H27NO3. The zero-order valence-corrected chi connectivity index (χ0v) is 12.6. The van der Waals surface area contributed by atoms with Crippen molar-refractivity contribution in [2.24, 2.45) is 16.7 Å². The smallest absolute Gasteiger partial charge is 0.310 e. The quantitative estimate of drug-likeness (QED) is 0.747. The van der Waals surface area contributed by atoms with Gasteiger partial charge in [0.25, 0.3) is 0 Å². The van der Waals surface area contributed by atoms with Gasteiger partial charge < -0.3 is 10.4 Å². The van der Waals surface area contributed by atoms with E-state index in [4.69, 9.17) is 0 Å². The molecule has 0 aromatic heterocycles. The average Bonchev–Trinajstić information content (AvgIpc) is 2.18. The van der Waals surface area contributed by atoms with Crippen molar-refractivity contribution < 1.29 is 14.7 Å². The number of carbonyl (C=O) groups excluding carboxylic acids is 1. The Morgan fingerprint density at radius 1 is 1.32 bits per heavy atom. The highest BCUT2D eigenvalue weighted by molar-refractivity contribution is 5.85. The summed E-state index contributed by atoms with van der Waals surface area (Å²) in [5.41, 5.74) is -0.730. The summed E-state index contributed by atoms with van der Waals surface area (Å²) < 4.78 is 0. The Hall–Kier alpha value is -1.06. The molecule has 110 valence electrons. The van der Waals surface area contributed by atoms with Crippen molar-refractivity contribution >= 4 is 11.9 Å². The van der Waals surface area contributed by atoms with Crippen molar-refractivity contribution in [3.05, 3.63) is 0 Å². The molecule has 1 amide bonds. The van der Waals surface area contributed by atoms with E-state index in [1.165, 1.54) is 0 Å². The molecule has 4 heteroatoms. The molecule has 0 unspecified atom stereocenters. The van der Waals surface area contributed by atoms with Crippen molar-refractivity contribution in [3.63, 3.8) is 0 Å². The summed E-state index contributed by atoms with van der Waals surface area (Å²) in [5, 5.41) is 12.1. The van der Waals surface area contributed by atoms with Gasteiger partial charge in [0.15, 0.2) is 0 Å². The van der Waals surface area contributed by atoms with Crippen LogP contribution >= 0.6 is 0 Å². The molecule has 4 nitrogen and oxygen atoms in total. The first kappa shape index (κ1) is 16.0. The highest BCUT2D eigenvalue weighted by atomic mass is 16.4. The van der Waals surface area contributed by atoms with E-state index < -0.39 is 11.4 Å². The summed E-state index contributed by atoms with van der Waals surface area (Å²) in [4.78, 5) is 23.1. The van der Waals surface area contributed by atoms with Crippen LogP contribution in [0.5, 0.6) is 0 Å². The van der Waals surface area contributed by atoms with Crippen LogP contribution in [0.3, 0.4) is 0 Å². The summed E-state index contributed by atoms with van der Waals surface area (Å²) in [6, 6.07) is 0. The molecule has 2 N–H and O–H groups in total. The lowest BCUT2D eigenvalue weighted by Crippen LogP contribution is -2.44. The lowest BCUT2D eigenvalue weighted by molar-refractivity contribution is -0.157. The summed E-state index contributed by atoms with van der Waals surface area (Å²) in [7, 11) is 0. The largest absolute Gasteiger partial charge is 0.481 e. The zero-order chi connectivity index (χ0) is 14.7. The molecule has 0 aromatic carbocycles. The number of aliphatic carboxylic acids is 1. The molecule has 0 spiro atoms. The minimum Gasteiger partial charge on any atom is -0.481 e. The molecule has 0 saturated heterocycles. The standard InChI is InChI=1S/C15H27NO3/c1-11(2)8-14(3,4)10-16-12(17)9-15(13(18)19)6-5-7-15/h11H,5-10H2,1-4H3,(H,16,17)(H,18,19). The summed E-state index contributed by atoms with van der Waals surface area (Å²) in [6.45, 7) is 9.20. The first-order valence-electron chi connectivity index (χ1n) is 7.17. The van der Waals surface area contributed by atoms with Crippen LogP contribution in [0.1, 0.15) is 59.8 Å². The fourth-order valence-electron chi connectivity index (χ4n) is 2.95. The molecule has 0 aliphatic heterocycles. The minimum absolute atomic E-state index is 0.0554. The summed E-state index contributed by atoms with van der Waals surface area (Å²) >= 11 is 0. The molecule has 1 aliphatic carbocycles. The maximum absolute atomic E-state index is 11.9.